The monoisotopic (exact) mass is 1170 g/mol. The Morgan fingerprint density at radius 1 is 0.704 bits per heavy atom. The Morgan fingerprint density at radius 3 is 2.10 bits per heavy atom. The molecule has 3 aromatic heterocycles. The predicted molar refractivity (Wildman–Crippen MR) is 287 cm³/mol. The quantitative estimate of drug-likeness (QED) is 0.118. The Morgan fingerprint density at radius 2 is 1.39 bits per heavy atom. The predicted octanol–water partition coefficient (Wildman–Crippen LogP) is 16.3. The Labute approximate surface area is 432 Å². The zero-order chi connectivity index (χ0) is 47.9. The molecule has 10 aromatic rings. The number of pyridine rings is 1. The zero-order valence-electron chi connectivity index (χ0n) is 40.7. The molecule has 12 rings (SSSR count). The van der Waals surface area contributed by atoms with E-state index in [1.807, 2.05) is 30.3 Å². The van der Waals surface area contributed by atoms with Crippen LogP contribution in [0.4, 0.5) is 4.39 Å². The van der Waals surface area contributed by atoms with Crippen LogP contribution >= 0.6 is 0 Å². The van der Waals surface area contributed by atoms with Gasteiger partial charge in [-0.2, -0.15) is 5.26 Å². The van der Waals surface area contributed by atoms with Gasteiger partial charge in [-0.05, 0) is 81.6 Å². The van der Waals surface area contributed by atoms with Gasteiger partial charge < -0.3 is 8.98 Å². The van der Waals surface area contributed by atoms with Crippen molar-refractivity contribution in [1.82, 2.24) is 14.5 Å². The molecule has 2 aliphatic rings. The molecule has 0 unspecified atom stereocenters. The number of furan rings is 1. The third-order valence-electron chi connectivity index (χ3n) is 14.8. The summed E-state index contributed by atoms with van der Waals surface area (Å²) in [5.41, 5.74) is 16.6. The van der Waals surface area contributed by atoms with Crippen molar-refractivity contribution >= 4 is 50.6 Å². The van der Waals surface area contributed by atoms with Gasteiger partial charge in [-0.25, -0.2) is 0 Å². The average Bonchev–Trinajstić information content (AvgIpc) is 3.97. The van der Waals surface area contributed by atoms with Crippen LogP contribution in [-0.2, 0) is 26.5 Å². The van der Waals surface area contributed by atoms with Crippen molar-refractivity contribution in [3.63, 3.8) is 0 Å². The largest absolute Gasteiger partial charge is 0 e. The van der Waals surface area contributed by atoms with Crippen LogP contribution in [0.25, 0.3) is 83.6 Å². The number of nitriles is 1. The fraction of sp³-hybridized carbons (Fsp3) is 0.222. The summed E-state index contributed by atoms with van der Waals surface area (Å²) in [7, 11) is 0. The molecule has 0 amide bonds. The first-order valence-corrected chi connectivity index (χ1v) is 30.4. The summed E-state index contributed by atoms with van der Waals surface area (Å²) >= 11 is -1.83. The topological polar surface area (TPSA) is 67.6 Å². The number of para-hydroxylation sites is 2. The molecular formula is C63H55FGeIrN4O-2. The SMILES string of the molecule is CC(C)c1cc(-c2ccc(-c3ccccc3)cc2)cc(C(C)C)c1-n1c(-c2[c-]ccc3c2oc2cc(C#N)ccc23)nc2ccccc21.Fc1c[c-]c(-c2cc3[c](cn2)[Ge]2([CH2]CCC[CH2]2)[CH2]CC3)cc1.[Ir]. The van der Waals surface area contributed by atoms with E-state index >= 15 is 0 Å². The van der Waals surface area contributed by atoms with Gasteiger partial charge in [0, 0.05) is 31.2 Å². The first kappa shape index (κ1) is 48.2. The van der Waals surface area contributed by atoms with E-state index in [0.717, 1.165) is 50.1 Å². The van der Waals surface area contributed by atoms with Crippen LogP contribution in [0.5, 0.6) is 0 Å². The molecule has 7 aromatic carbocycles. The molecule has 2 aliphatic heterocycles. The number of rotatable bonds is 7. The second-order valence-corrected chi connectivity index (χ2v) is 29.5. The summed E-state index contributed by atoms with van der Waals surface area (Å²) in [5.74, 6) is 1.03. The normalized spacial score (nSPS) is 14.1. The number of hydrogen-bond acceptors (Lipinski definition) is 4. The van der Waals surface area contributed by atoms with Crippen LogP contribution in [0.1, 0.15) is 87.5 Å². The van der Waals surface area contributed by atoms with Crippen molar-refractivity contribution < 1.29 is 28.9 Å². The molecule has 5 heterocycles. The van der Waals surface area contributed by atoms with E-state index < -0.39 is 13.3 Å². The van der Waals surface area contributed by atoms with E-state index in [-0.39, 0.29) is 37.8 Å². The maximum absolute atomic E-state index is 13.1. The van der Waals surface area contributed by atoms with Crippen molar-refractivity contribution in [3.05, 3.63) is 192 Å². The molecule has 8 heteroatoms. The van der Waals surface area contributed by atoms with E-state index in [0.29, 0.717) is 16.7 Å². The van der Waals surface area contributed by atoms with E-state index in [2.05, 4.69) is 148 Å². The van der Waals surface area contributed by atoms with Gasteiger partial charge in [0.25, 0.3) is 0 Å². The fourth-order valence-corrected chi connectivity index (χ4v) is 22.8. The smallest absolute Gasteiger partial charge is 0 e. The number of nitrogens with zero attached hydrogens (tertiary/aromatic N) is 4. The number of aromatic nitrogens is 3. The van der Waals surface area contributed by atoms with Gasteiger partial charge in [-0.15, -0.1) is 18.2 Å². The fourth-order valence-electron chi connectivity index (χ4n) is 11.3. The summed E-state index contributed by atoms with van der Waals surface area (Å²) in [6.45, 7) is 9.07. The van der Waals surface area contributed by atoms with Gasteiger partial charge in [0.1, 0.15) is 5.58 Å². The molecule has 0 saturated carbocycles. The van der Waals surface area contributed by atoms with E-state index in [1.165, 1.54) is 98.9 Å². The minimum atomic E-state index is -1.83. The summed E-state index contributed by atoms with van der Waals surface area (Å²) in [4.78, 5) is 9.99. The van der Waals surface area contributed by atoms with E-state index in [9.17, 15) is 9.65 Å². The second-order valence-electron chi connectivity index (χ2n) is 19.9. The molecule has 0 atom stereocenters. The standard InChI is InChI=1S/C44H34N3O.C19H21FGeN.Ir/c1-27(2)37-24-33(32-20-18-31(19-21-32)30-11-6-5-7-12-30)25-38(28(3)4)42(37)47-40-16-9-8-15-39(40)46-44(47)36-14-10-13-35-34-22-17-29(26-45)23-41(34)48-43(35)36;20-17-8-6-15(7-9-17)19-13-16-5-4-12-21(18(16)14-22-19)10-2-1-3-11-21;/h5-13,15-25,27-28H,1-4H3;6,8-9,13-14H,1-5,10-12H2;/q2*-1;. The second kappa shape index (κ2) is 20.4. The van der Waals surface area contributed by atoms with Crippen LogP contribution in [0.3, 0.4) is 0 Å². The number of benzene rings is 7. The van der Waals surface area contributed by atoms with Crippen LogP contribution in [0.2, 0.25) is 15.8 Å². The first-order valence-electron chi connectivity index (χ1n) is 24.9. The summed E-state index contributed by atoms with van der Waals surface area (Å²) < 4.78 is 23.6. The number of halogens is 1. The van der Waals surface area contributed by atoms with Crippen molar-refractivity contribution in [3.8, 4) is 56.7 Å². The summed E-state index contributed by atoms with van der Waals surface area (Å²) in [5, 5.41) is 16.0. The van der Waals surface area contributed by atoms with Crippen LogP contribution in [0, 0.1) is 29.3 Å². The van der Waals surface area contributed by atoms with Crippen LogP contribution in [-0.4, -0.2) is 27.8 Å². The Balaban J connectivity index is 0.000000211. The van der Waals surface area contributed by atoms with Gasteiger partial charge >= 0.3 is 134 Å². The third-order valence-corrected chi connectivity index (χ3v) is 26.4. The van der Waals surface area contributed by atoms with Gasteiger partial charge in [-0.1, -0.05) is 111 Å². The molecule has 1 spiro atoms. The number of imidazole rings is 1. The average molecular weight is 1170 g/mol. The molecule has 1 radical (unpaired) electrons. The molecule has 0 aliphatic carbocycles. The Hall–Kier alpha value is -6.43. The molecular weight excluding hydrogens is 1110 g/mol. The van der Waals surface area contributed by atoms with Crippen molar-refractivity contribution in [1.29, 1.82) is 5.26 Å². The molecule has 1 saturated heterocycles. The molecule has 71 heavy (non-hydrogen) atoms. The van der Waals surface area contributed by atoms with Gasteiger partial charge in [0.2, 0.25) is 0 Å². The van der Waals surface area contributed by atoms with Gasteiger partial charge in [0.15, 0.2) is 0 Å². The number of aryl methyl sites for hydroxylation is 1. The van der Waals surface area contributed by atoms with Crippen LogP contribution in [0.15, 0.2) is 156 Å². The maximum Gasteiger partial charge on any atom is 0 e. The molecule has 355 valence electrons. The van der Waals surface area contributed by atoms with E-state index in [4.69, 9.17) is 14.4 Å². The molecule has 0 N–H and O–H groups in total. The molecule has 0 bridgehead atoms. The van der Waals surface area contributed by atoms with Crippen molar-refractivity contribution in [2.45, 2.75) is 87.4 Å². The third kappa shape index (κ3) is 9.23. The van der Waals surface area contributed by atoms with Crippen LogP contribution < -0.4 is 4.40 Å². The minimum Gasteiger partial charge on any atom is 0 e. The summed E-state index contributed by atoms with van der Waals surface area (Å²) in [6.07, 6.45) is 9.05. The molecule has 1 fully saturated rings. The van der Waals surface area contributed by atoms with E-state index in [1.54, 1.807) is 16.5 Å². The number of hydrogen-bond donors (Lipinski definition) is 0. The van der Waals surface area contributed by atoms with Crippen molar-refractivity contribution in [2.24, 2.45) is 0 Å². The summed E-state index contributed by atoms with van der Waals surface area (Å²) in [6, 6.07) is 57.7. The van der Waals surface area contributed by atoms with Crippen molar-refractivity contribution in [2.75, 3.05) is 0 Å². The Kier molecular flexibility index (Phi) is 13.8. The first-order chi connectivity index (χ1) is 34.2. The number of fused-ring (bicyclic) bond motifs is 6. The van der Waals surface area contributed by atoms with Gasteiger partial charge in [0.05, 0.1) is 34.1 Å². The zero-order valence-corrected chi connectivity index (χ0v) is 45.1. The minimum absolute atomic E-state index is 0. The molecule has 5 nitrogen and oxygen atoms in total. The van der Waals surface area contributed by atoms with Gasteiger partial charge in [-0.3, -0.25) is 4.98 Å². The Bertz CT molecular complexity index is 3550. The maximum atomic E-state index is 13.1.